The van der Waals surface area contributed by atoms with Gasteiger partial charge in [-0.2, -0.15) is 0 Å². The van der Waals surface area contributed by atoms with Gasteiger partial charge in [0.2, 0.25) is 0 Å². The summed E-state index contributed by atoms with van der Waals surface area (Å²) in [6.07, 6.45) is 3.81. The SMILES string of the molecule is C/C=C(/C)C(=O)O[C@@H]1C[C@H]2C[C@@H](O)C[C@@H]1N2C. The van der Waals surface area contributed by atoms with Crippen LogP contribution in [0.3, 0.4) is 0 Å². The van der Waals surface area contributed by atoms with Gasteiger partial charge in [0.25, 0.3) is 0 Å². The maximum Gasteiger partial charge on any atom is 0.333 e. The van der Waals surface area contributed by atoms with Crippen molar-refractivity contribution in [1.29, 1.82) is 0 Å². The van der Waals surface area contributed by atoms with Gasteiger partial charge in [-0.1, -0.05) is 6.08 Å². The molecule has 4 heteroatoms. The summed E-state index contributed by atoms with van der Waals surface area (Å²) in [4.78, 5) is 14.0. The molecule has 0 amide bonds. The van der Waals surface area contributed by atoms with Gasteiger partial charge in [-0.05, 0) is 33.7 Å². The monoisotopic (exact) mass is 239 g/mol. The van der Waals surface area contributed by atoms with Gasteiger partial charge in [-0.25, -0.2) is 4.79 Å². The van der Waals surface area contributed by atoms with Crippen molar-refractivity contribution in [2.75, 3.05) is 7.05 Å². The van der Waals surface area contributed by atoms with Crippen molar-refractivity contribution in [1.82, 2.24) is 4.90 Å². The van der Waals surface area contributed by atoms with E-state index in [0.717, 1.165) is 12.8 Å². The van der Waals surface area contributed by atoms with Gasteiger partial charge in [0.15, 0.2) is 0 Å². The number of aliphatic hydroxyl groups excluding tert-OH is 1. The van der Waals surface area contributed by atoms with Crippen LogP contribution >= 0.6 is 0 Å². The summed E-state index contributed by atoms with van der Waals surface area (Å²) in [5, 5.41) is 9.74. The van der Waals surface area contributed by atoms with E-state index in [1.807, 2.05) is 6.92 Å². The topological polar surface area (TPSA) is 49.8 Å². The molecule has 0 spiro atoms. The minimum absolute atomic E-state index is 0.0652. The van der Waals surface area contributed by atoms with Crippen LogP contribution in [-0.4, -0.2) is 47.3 Å². The molecule has 2 aliphatic rings. The van der Waals surface area contributed by atoms with E-state index >= 15 is 0 Å². The molecule has 2 heterocycles. The van der Waals surface area contributed by atoms with Crippen LogP contribution in [0.15, 0.2) is 11.6 Å². The number of likely N-dealkylation sites (N-methyl/N-ethyl adjacent to an activating group) is 1. The minimum atomic E-state index is -0.243. The first-order valence-corrected chi connectivity index (χ1v) is 6.26. The predicted octanol–water partition coefficient (Wildman–Crippen LogP) is 1.09. The highest BCUT2D eigenvalue weighted by Crippen LogP contribution is 2.36. The fourth-order valence-electron chi connectivity index (χ4n) is 2.87. The fraction of sp³-hybridized carbons (Fsp3) is 0.769. The number of nitrogens with zero attached hydrogens (tertiary/aromatic N) is 1. The molecule has 4 atom stereocenters. The second-order valence-corrected chi connectivity index (χ2v) is 5.16. The van der Waals surface area contributed by atoms with Crippen LogP contribution in [0.4, 0.5) is 0 Å². The number of rotatable bonds is 2. The zero-order valence-corrected chi connectivity index (χ0v) is 10.7. The molecule has 17 heavy (non-hydrogen) atoms. The van der Waals surface area contributed by atoms with E-state index < -0.39 is 0 Å². The van der Waals surface area contributed by atoms with Crippen molar-refractivity contribution in [3.05, 3.63) is 11.6 Å². The molecular weight excluding hydrogens is 218 g/mol. The first kappa shape index (κ1) is 12.6. The molecule has 2 saturated heterocycles. The number of ether oxygens (including phenoxy) is 1. The first-order chi connectivity index (χ1) is 8.02. The van der Waals surface area contributed by atoms with Crippen LogP contribution in [0.5, 0.6) is 0 Å². The molecule has 0 aliphatic carbocycles. The summed E-state index contributed by atoms with van der Waals surface area (Å²) in [6.45, 7) is 3.60. The number of esters is 1. The van der Waals surface area contributed by atoms with Gasteiger partial charge in [0, 0.05) is 24.1 Å². The van der Waals surface area contributed by atoms with E-state index in [1.54, 1.807) is 13.0 Å². The highest BCUT2D eigenvalue weighted by atomic mass is 16.5. The Morgan fingerprint density at radius 2 is 2.12 bits per heavy atom. The molecule has 1 N–H and O–H groups in total. The van der Waals surface area contributed by atoms with Gasteiger partial charge in [-0.15, -0.1) is 0 Å². The van der Waals surface area contributed by atoms with Crippen molar-refractivity contribution in [3.8, 4) is 0 Å². The Hall–Kier alpha value is -0.870. The molecule has 96 valence electrons. The maximum absolute atomic E-state index is 11.7. The number of fused-ring (bicyclic) bond motifs is 2. The number of aliphatic hydroxyl groups is 1. The zero-order valence-electron chi connectivity index (χ0n) is 10.7. The summed E-state index contributed by atoms with van der Waals surface area (Å²) in [6, 6.07) is 0.532. The summed E-state index contributed by atoms with van der Waals surface area (Å²) < 4.78 is 5.54. The highest BCUT2D eigenvalue weighted by Gasteiger charge is 2.46. The van der Waals surface area contributed by atoms with Crippen LogP contribution in [0.25, 0.3) is 0 Å². The lowest BCUT2D eigenvalue weighted by Gasteiger charge is -2.34. The van der Waals surface area contributed by atoms with Crippen LogP contribution in [0.1, 0.15) is 33.1 Å². The Labute approximate surface area is 102 Å². The largest absolute Gasteiger partial charge is 0.457 e. The van der Waals surface area contributed by atoms with Crippen molar-refractivity contribution in [3.63, 3.8) is 0 Å². The number of piperidine rings is 1. The lowest BCUT2D eigenvalue weighted by atomic mass is 10.0. The van der Waals surface area contributed by atoms with E-state index in [-0.39, 0.29) is 24.2 Å². The Balaban J connectivity index is 2.02. The molecule has 2 fully saturated rings. The third-order valence-electron chi connectivity index (χ3n) is 4.10. The van der Waals surface area contributed by atoms with Gasteiger partial charge in [0.1, 0.15) is 6.10 Å². The van der Waals surface area contributed by atoms with Gasteiger partial charge < -0.3 is 9.84 Å². The molecular formula is C13H21NO3. The van der Waals surface area contributed by atoms with E-state index in [0.29, 0.717) is 18.0 Å². The summed E-state index contributed by atoms with van der Waals surface area (Å²) in [5.41, 5.74) is 0.648. The Kier molecular flexibility index (Phi) is 3.54. The van der Waals surface area contributed by atoms with Gasteiger partial charge >= 0.3 is 5.97 Å². The average molecular weight is 239 g/mol. The van der Waals surface area contributed by atoms with Gasteiger partial charge in [-0.3, -0.25) is 4.90 Å². The second kappa shape index (κ2) is 4.78. The standard InChI is InChI=1S/C13H21NO3/c1-4-8(2)13(16)17-12-6-9-5-10(15)7-11(12)14(9)3/h4,9-12,15H,5-7H2,1-3H3/b8-4-/t9-,10-,11+,12-/m1/s1. The third kappa shape index (κ3) is 2.38. The number of hydrogen-bond donors (Lipinski definition) is 1. The highest BCUT2D eigenvalue weighted by molar-refractivity contribution is 5.87. The van der Waals surface area contributed by atoms with Crippen LogP contribution in [0, 0.1) is 0 Å². The third-order valence-corrected chi connectivity index (χ3v) is 4.10. The minimum Gasteiger partial charge on any atom is -0.457 e. The van der Waals surface area contributed by atoms with Crippen LogP contribution in [-0.2, 0) is 9.53 Å². The van der Waals surface area contributed by atoms with Crippen molar-refractivity contribution in [2.45, 2.75) is 57.4 Å². The Morgan fingerprint density at radius 1 is 1.41 bits per heavy atom. The molecule has 0 unspecified atom stereocenters. The first-order valence-electron chi connectivity index (χ1n) is 6.26. The summed E-state index contributed by atoms with van der Waals surface area (Å²) >= 11 is 0. The predicted molar refractivity (Wildman–Crippen MR) is 64.5 cm³/mol. The van der Waals surface area contributed by atoms with Crippen LogP contribution in [0.2, 0.25) is 0 Å². The molecule has 0 radical (unpaired) electrons. The molecule has 0 aromatic carbocycles. The molecule has 2 rings (SSSR count). The zero-order chi connectivity index (χ0) is 12.6. The lowest BCUT2D eigenvalue weighted by Crippen LogP contribution is -2.44. The fourth-order valence-corrected chi connectivity index (χ4v) is 2.87. The van der Waals surface area contributed by atoms with Crippen LogP contribution < -0.4 is 0 Å². The molecule has 4 nitrogen and oxygen atoms in total. The second-order valence-electron chi connectivity index (χ2n) is 5.16. The van der Waals surface area contributed by atoms with Gasteiger partial charge in [0.05, 0.1) is 6.10 Å². The molecule has 2 aliphatic heterocycles. The average Bonchev–Trinajstić information content (AvgIpc) is 2.49. The quantitative estimate of drug-likeness (QED) is 0.579. The summed E-state index contributed by atoms with van der Waals surface area (Å²) in [7, 11) is 2.05. The van der Waals surface area contributed by atoms with E-state index in [1.165, 1.54) is 0 Å². The van der Waals surface area contributed by atoms with Crippen molar-refractivity contribution in [2.24, 2.45) is 0 Å². The molecule has 0 aromatic heterocycles. The normalized spacial score (nSPS) is 38.2. The smallest absolute Gasteiger partial charge is 0.333 e. The van der Waals surface area contributed by atoms with E-state index in [4.69, 9.17) is 4.74 Å². The number of carbonyl (C=O) groups excluding carboxylic acids is 1. The van der Waals surface area contributed by atoms with E-state index in [2.05, 4.69) is 11.9 Å². The van der Waals surface area contributed by atoms with Crippen molar-refractivity contribution >= 4 is 5.97 Å². The van der Waals surface area contributed by atoms with E-state index in [9.17, 15) is 9.90 Å². The molecule has 2 bridgehead atoms. The molecule has 0 aromatic rings. The summed E-state index contributed by atoms with van der Waals surface area (Å²) in [5.74, 6) is -0.229. The Morgan fingerprint density at radius 3 is 2.76 bits per heavy atom. The molecule has 0 saturated carbocycles. The Bertz CT molecular complexity index is 340. The lowest BCUT2D eigenvalue weighted by molar-refractivity contribution is -0.145. The van der Waals surface area contributed by atoms with Crippen molar-refractivity contribution < 1.29 is 14.6 Å². The number of allylic oxidation sites excluding steroid dienone is 1. The number of hydrogen-bond acceptors (Lipinski definition) is 4. The maximum atomic E-state index is 11.7. The number of carbonyl (C=O) groups is 1.